The third-order valence-corrected chi connectivity index (χ3v) is 3.58. The fourth-order valence-electron chi connectivity index (χ4n) is 2.50. The van der Waals surface area contributed by atoms with E-state index in [0.717, 1.165) is 22.6 Å². The summed E-state index contributed by atoms with van der Waals surface area (Å²) in [6.45, 7) is 5.61. The van der Waals surface area contributed by atoms with Gasteiger partial charge in [-0.25, -0.2) is 4.68 Å². The third-order valence-electron chi connectivity index (χ3n) is 3.58. The maximum Gasteiger partial charge on any atom is 0.312 e. The molecule has 1 aromatic carbocycles. The van der Waals surface area contributed by atoms with Crippen LogP contribution in [0.3, 0.4) is 0 Å². The van der Waals surface area contributed by atoms with Crippen molar-refractivity contribution >= 4 is 5.97 Å². The quantitative estimate of drug-likeness (QED) is 0.812. The van der Waals surface area contributed by atoms with Crippen LogP contribution in [0.25, 0.3) is 5.69 Å². The number of aromatic nitrogens is 2. The van der Waals surface area contributed by atoms with Gasteiger partial charge in [0.05, 0.1) is 36.0 Å². The number of hydrogen-bond acceptors (Lipinski definition) is 4. The van der Waals surface area contributed by atoms with E-state index in [1.807, 2.05) is 32.9 Å². The zero-order valence-electron chi connectivity index (χ0n) is 12.5. The zero-order chi connectivity index (χ0) is 15.6. The van der Waals surface area contributed by atoms with Gasteiger partial charge < -0.3 is 4.74 Å². The van der Waals surface area contributed by atoms with Crippen molar-refractivity contribution in [3.05, 3.63) is 46.8 Å². The van der Waals surface area contributed by atoms with Crippen molar-refractivity contribution in [1.29, 1.82) is 5.26 Å². The molecular formula is C16H17N3O2. The molecule has 0 saturated heterocycles. The van der Waals surface area contributed by atoms with Gasteiger partial charge in [-0.1, -0.05) is 0 Å². The second-order valence-corrected chi connectivity index (χ2v) is 4.90. The third kappa shape index (κ3) is 2.65. The lowest BCUT2D eigenvalue weighted by Gasteiger charge is -2.10. The van der Waals surface area contributed by atoms with E-state index in [-0.39, 0.29) is 11.9 Å². The van der Waals surface area contributed by atoms with E-state index in [2.05, 4.69) is 11.2 Å². The van der Waals surface area contributed by atoms with Gasteiger partial charge in [0.2, 0.25) is 0 Å². The van der Waals surface area contributed by atoms with Crippen LogP contribution in [0, 0.1) is 25.2 Å². The summed E-state index contributed by atoms with van der Waals surface area (Å²) in [4.78, 5) is 11.8. The van der Waals surface area contributed by atoms with Crippen LogP contribution < -0.4 is 0 Å². The lowest BCUT2D eigenvalue weighted by Crippen LogP contribution is -2.12. The largest absolute Gasteiger partial charge is 0.469 e. The summed E-state index contributed by atoms with van der Waals surface area (Å²) in [5, 5.41) is 13.3. The van der Waals surface area contributed by atoms with Gasteiger partial charge in [-0.3, -0.25) is 4.79 Å². The van der Waals surface area contributed by atoms with Crippen LogP contribution in [0.15, 0.2) is 24.3 Å². The molecule has 0 spiro atoms. The van der Waals surface area contributed by atoms with Crippen LogP contribution >= 0.6 is 0 Å². The summed E-state index contributed by atoms with van der Waals surface area (Å²) in [7, 11) is 1.38. The molecule has 0 fully saturated rings. The fraction of sp³-hybridized carbons (Fsp3) is 0.312. The van der Waals surface area contributed by atoms with E-state index in [1.54, 1.807) is 16.8 Å². The number of nitrogens with zero attached hydrogens (tertiary/aromatic N) is 3. The minimum absolute atomic E-state index is 0.277. The topological polar surface area (TPSA) is 67.9 Å². The van der Waals surface area contributed by atoms with Crippen LogP contribution in [0.5, 0.6) is 0 Å². The molecule has 0 amide bonds. The molecule has 0 saturated carbocycles. The van der Waals surface area contributed by atoms with E-state index in [0.29, 0.717) is 5.56 Å². The van der Waals surface area contributed by atoms with Crippen LogP contribution in [-0.2, 0) is 9.53 Å². The highest BCUT2D eigenvalue weighted by molar-refractivity contribution is 5.78. The highest BCUT2D eigenvalue weighted by Gasteiger charge is 2.24. The molecule has 1 atom stereocenters. The van der Waals surface area contributed by atoms with Crippen molar-refractivity contribution in [2.45, 2.75) is 26.7 Å². The molecule has 0 radical (unpaired) electrons. The van der Waals surface area contributed by atoms with Crippen LogP contribution in [0.1, 0.15) is 35.4 Å². The van der Waals surface area contributed by atoms with Crippen molar-refractivity contribution in [1.82, 2.24) is 9.78 Å². The number of aryl methyl sites for hydroxylation is 1. The highest BCUT2D eigenvalue weighted by Crippen LogP contribution is 2.26. The van der Waals surface area contributed by atoms with E-state index < -0.39 is 0 Å². The lowest BCUT2D eigenvalue weighted by molar-refractivity contribution is -0.142. The first-order chi connectivity index (χ1) is 9.99. The van der Waals surface area contributed by atoms with Gasteiger partial charge in [0, 0.05) is 11.3 Å². The Labute approximate surface area is 123 Å². The molecule has 2 rings (SSSR count). The monoisotopic (exact) mass is 283 g/mol. The van der Waals surface area contributed by atoms with E-state index in [4.69, 9.17) is 10.00 Å². The van der Waals surface area contributed by atoms with Crippen molar-refractivity contribution < 1.29 is 9.53 Å². The first-order valence-corrected chi connectivity index (χ1v) is 6.64. The van der Waals surface area contributed by atoms with Gasteiger partial charge in [-0.05, 0) is 45.0 Å². The smallest absolute Gasteiger partial charge is 0.312 e. The number of carbonyl (C=O) groups excluding carboxylic acids is 1. The number of methoxy groups -OCH3 is 1. The van der Waals surface area contributed by atoms with E-state index >= 15 is 0 Å². The van der Waals surface area contributed by atoms with E-state index in [1.165, 1.54) is 7.11 Å². The number of carbonyl (C=O) groups is 1. The predicted octanol–water partition coefficient (Wildman–Crippen LogP) is 2.64. The predicted molar refractivity (Wildman–Crippen MR) is 78.2 cm³/mol. The Morgan fingerprint density at radius 2 is 1.95 bits per heavy atom. The number of esters is 1. The maximum absolute atomic E-state index is 11.8. The molecule has 5 nitrogen and oxygen atoms in total. The van der Waals surface area contributed by atoms with Gasteiger partial charge in [0.15, 0.2) is 0 Å². The second-order valence-electron chi connectivity index (χ2n) is 4.90. The van der Waals surface area contributed by atoms with Crippen LogP contribution in [-0.4, -0.2) is 22.9 Å². The van der Waals surface area contributed by atoms with Gasteiger partial charge >= 0.3 is 5.97 Å². The average molecular weight is 283 g/mol. The standard InChI is InChI=1S/C16H17N3O2/c1-10(16(20)21-4)15-11(2)18-19(12(15)3)14-7-5-13(9-17)6-8-14/h5-8,10H,1-4H3. The number of nitriles is 1. The van der Waals surface area contributed by atoms with Gasteiger partial charge in [-0.2, -0.15) is 10.4 Å². The zero-order valence-corrected chi connectivity index (χ0v) is 12.5. The van der Waals surface area contributed by atoms with Crippen molar-refractivity contribution in [3.63, 3.8) is 0 Å². The Bertz CT molecular complexity index is 708. The van der Waals surface area contributed by atoms with Crippen LogP contribution in [0.2, 0.25) is 0 Å². The Morgan fingerprint density at radius 1 is 1.33 bits per heavy atom. The molecular weight excluding hydrogens is 266 g/mol. The Balaban J connectivity index is 2.47. The number of rotatable bonds is 3. The lowest BCUT2D eigenvalue weighted by atomic mass is 9.99. The molecule has 1 unspecified atom stereocenters. The summed E-state index contributed by atoms with van der Waals surface area (Å²) >= 11 is 0. The van der Waals surface area contributed by atoms with E-state index in [9.17, 15) is 4.79 Å². The number of ether oxygens (including phenoxy) is 1. The normalized spacial score (nSPS) is 11.8. The molecule has 21 heavy (non-hydrogen) atoms. The van der Waals surface area contributed by atoms with Crippen LogP contribution in [0.4, 0.5) is 0 Å². The van der Waals surface area contributed by atoms with Crippen molar-refractivity contribution in [2.24, 2.45) is 0 Å². The summed E-state index contributed by atoms with van der Waals surface area (Å²) in [6, 6.07) is 9.25. The summed E-state index contributed by atoms with van der Waals surface area (Å²) in [5.74, 6) is -0.636. The molecule has 0 aliphatic carbocycles. The van der Waals surface area contributed by atoms with Crippen molar-refractivity contribution in [3.8, 4) is 11.8 Å². The second kappa shape index (κ2) is 5.80. The molecule has 0 bridgehead atoms. The molecule has 0 aliphatic rings. The van der Waals surface area contributed by atoms with Gasteiger partial charge in [0.1, 0.15) is 0 Å². The average Bonchev–Trinajstić information content (AvgIpc) is 2.80. The first kappa shape index (κ1) is 14.8. The minimum atomic E-state index is -0.359. The molecule has 5 heteroatoms. The van der Waals surface area contributed by atoms with Crippen molar-refractivity contribution in [2.75, 3.05) is 7.11 Å². The molecule has 1 aromatic heterocycles. The van der Waals surface area contributed by atoms with Gasteiger partial charge in [0.25, 0.3) is 0 Å². The molecule has 0 aliphatic heterocycles. The maximum atomic E-state index is 11.8. The fourth-order valence-corrected chi connectivity index (χ4v) is 2.50. The Morgan fingerprint density at radius 3 is 2.48 bits per heavy atom. The summed E-state index contributed by atoms with van der Waals surface area (Å²) in [6.07, 6.45) is 0. The first-order valence-electron chi connectivity index (χ1n) is 6.64. The molecule has 108 valence electrons. The molecule has 1 heterocycles. The van der Waals surface area contributed by atoms with Gasteiger partial charge in [-0.15, -0.1) is 0 Å². The highest BCUT2D eigenvalue weighted by atomic mass is 16.5. The summed E-state index contributed by atoms with van der Waals surface area (Å²) < 4.78 is 6.59. The number of benzene rings is 1. The number of hydrogen-bond donors (Lipinski definition) is 0. The molecule has 0 N–H and O–H groups in total. The molecule has 2 aromatic rings. The SMILES string of the molecule is COC(=O)C(C)c1c(C)nn(-c2ccc(C#N)cc2)c1C. The Hall–Kier alpha value is -2.61. The summed E-state index contributed by atoms with van der Waals surface area (Å²) in [5.41, 5.74) is 4.04. The minimum Gasteiger partial charge on any atom is -0.469 e. The Kier molecular flexibility index (Phi) is 4.08.